The first-order chi connectivity index (χ1) is 12.9. The number of primary sulfonamides is 1. The topological polar surface area (TPSA) is 133 Å². The summed E-state index contributed by atoms with van der Waals surface area (Å²) >= 11 is 13.0. The van der Waals surface area contributed by atoms with Gasteiger partial charge in [0.25, 0.3) is 0 Å². The van der Waals surface area contributed by atoms with E-state index in [1.165, 1.54) is 18.2 Å². The van der Waals surface area contributed by atoms with Gasteiger partial charge in [0, 0.05) is 14.8 Å². The number of esters is 1. The van der Waals surface area contributed by atoms with E-state index < -0.39 is 31.8 Å². The van der Waals surface area contributed by atoms with Gasteiger partial charge in [0.1, 0.15) is 0 Å². The Morgan fingerprint density at radius 3 is 2.36 bits per heavy atom. The minimum atomic E-state index is -4.10. The molecule has 0 aliphatic rings. The zero-order chi connectivity index (χ0) is 21.1. The highest BCUT2D eigenvalue weighted by Crippen LogP contribution is 2.39. The normalized spacial score (nSPS) is 11.9. The van der Waals surface area contributed by atoms with Gasteiger partial charge >= 0.3 is 5.97 Å². The number of hydrogen-bond donors (Lipinski definition) is 2. The first kappa shape index (κ1) is 22.8. The van der Waals surface area contributed by atoms with Crippen molar-refractivity contribution in [3.05, 3.63) is 46.4 Å². The average molecular weight is 485 g/mol. The zero-order valence-electron chi connectivity index (χ0n) is 14.2. The molecule has 0 bridgehead atoms. The summed E-state index contributed by atoms with van der Waals surface area (Å²) in [4.78, 5) is 11.7. The van der Waals surface area contributed by atoms with Gasteiger partial charge in [-0.25, -0.2) is 22.0 Å². The van der Waals surface area contributed by atoms with Gasteiger partial charge in [-0.3, -0.25) is 9.52 Å². The summed E-state index contributed by atoms with van der Waals surface area (Å²) in [6, 6.07) is 8.20. The van der Waals surface area contributed by atoms with Gasteiger partial charge in [-0.05, 0) is 36.4 Å². The van der Waals surface area contributed by atoms with Gasteiger partial charge in [-0.15, -0.1) is 0 Å². The second kappa shape index (κ2) is 8.89. The Bertz CT molecular complexity index is 1120. The molecule has 0 fully saturated rings. The van der Waals surface area contributed by atoms with Crippen molar-refractivity contribution >= 4 is 66.7 Å². The largest absolute Gasteiger partial charge is 0.468 e. The number of halogens is 2. The third-order valence-corrected chi connectivity index (χ3v) is 7.05. The molecule has 2 rings (SSSR count). The van der Waals surface area contributed by atoms with Gasteiger partial charge in [0.2, 0.25) is 20.0 Å². The van der Waals surface area contributed by atoms with E-state index in [1.807, 2.05) is 0 Å². The van der Waals surface area contributed by atoms with Crippen LogP contribution in [0.15, 0.2) is 51.1 Å². The molecule has 0 atom stereocenters. The molecule has 0 saturated heterocycles. The number of nitrogens with one attached hydrogen (secondary N) is 1. The monoisotopic (exact) mass is 484 g/mol. The van der Waals surface area contributed by atoms with Crippen LogP contribution in [0, 0.1) is 0 Å². The molecule has 13 heteroatoms. The summed E-state index contributed by atoms with van der Waals surface area (Å²) < 4.78 is 54.2. The lowest BCUT2D eigenvalue weighted by Crippen LogP contribution is -2.24. The Morgan fingerprint density at radius 2 is 1.79 bits per heavy atom. The Hall–Kier alpha value is -1.50. The number of ether oxygens (including phenoxy) is 1. The maximum absolute atomic E-state index is 12.2. The van der Waals surface area contributed by atoms with E-state index in [-0.39, 0.29) is 20.5 Å². The molecule has 0 aromatic heterocycles. The second-order valence-corrected chi connectivity index (χ2v) is 10.5. The Balaban J connectivity index is 2.49. The smallest absolute Gasteiger partial charge is 0.322 e. The molecular formula is C15H14Cl2N2O6S3. The van der Waals surface area contributed by atoms with Crippen molar-refractivity contribution in [3.8, 4) is 0 Å². The number of sulfonamides is 2. The molecule has 0 spiro atoms. The van der Waals surface area contributed by atoms with Gasteiger partial charge in [0.05, 0.1) is 22.7 Å². The van der Waals surface area contributed by atoms with Gasteiger partial charge in [0.15, 0.2) is 5.75 Å². The third kappa shape index (κ3) is 6.26. The lowest BCUT2D eigenvalue weighted by Gasteiger charge is -2.14. The van der Waals surface area contributed by atoms with E-state index >= 15 is 0 Å². The van der Waals surface area contributed by atoms with Crippen LogP contribution < -0.4 is 9.86 Å². The third-order valence-electron chi connectivity index (χ3n) is 3.20. The van der Waals surface area contributed by atoms with E-state index in [0.717, 1.165) is 24.9 Å². The fourth-order valence-electron chi connectivity index (χ4n) is 1.94. The van der Waals surface area contributed by atoms with Crippen molar-refractivity contribution in [1.82, 2.24) is 0 Å². The molecule has 3 N–H and O–H groups in total. The molecule has 0 saturated carbocycles. The number of rotatable bonds is 7. The molecule has 0 unspecified atom stereocenters. The first-order valence-corrected chi connectivity index (χ1v) is 12.1. The molecule has 0 heterocycles. The second-order valence-electron chi connectivity index (χ2n) is 5.32. The zero-order valence-corrected chi connectivity index (χ0v) is 18.1. The molecule has 152 valence electrons. The average Bonchev–Trinajstić information content (AvgIpc) is 2.57. The van der Waals surface area contributed by atoms with Gasteiger partial charge in [-0.1, -0.05) is 35.0 Å². The molecule has 0 radical (unpaired) electrons. The summed E-state index contributed by atoms with van der Waals surface area (Å²) in [5, 5.41) is 5.82. The molecule has 2 aromatic rings. The van der Waals surface area contributed by atoms with Crippen molar-refractivity contribution in [3.63, 3.8) is 0 Å². The van der Waals surface area contributed by atoms with Crippen molar-refractivity contribution < 1.29 is 26.4 Å². The van der Waals surface area contributed by atoms with Crippen LogP contribution in [0.5, 0.6) is 0 Å². The van der Waals surface area contributed by atoms with E-state index in [0.29, 0.717) is 9.92 Å². The summed E-state index contributed by atoms with van der Waals surface area (Å²) in [5.41, 5.74) is 0.0346. The Kier molecular flexibility index (Phi) is 7.23. The highest BCUT2D eigenvalue weighted by atomic mass is 35.5. The lowest BCUT2D eigenvalue weighted by atomic mass is 10.3. The van der Waals surface area contributed by atoms with Crippen molar-refractivity contribution in [2.45, 2.75) is 14.7 Å². The fraction of sp³-hybridized carbons (Fsp3) is 0.133. The molecule has 0 aliphatic carbocycles. The fourth-order valence-corrected chi connectivity index (χ4v) is 5.10. The van der Waals surface area contributed by atoms with E-state index in [1.54, 1.807) is 12.1 Å². The minimum absolute atomic E-state index is 0.0346. The van der Waals surface area contributed by atoms with Gasteiger partial charge < -0.3 is 4.74 Å². The number of hydrogen-bond acceptors (Lipinski definition) is 7. The number of carbonyl (C=O) groups is 1. The van der Waals surface area contributed by atoms with E-state index in [4.69, 9.17) is 28.3 Å². The number of carbonyl (C=O) groups excluding carboxylic acids is 1. The summed E-state index contributed by atoms with van der Waals surface area (Å²) in [7, 11) is -7.08. The SMILES string of the molecule is COC(=O)CS(=O)(=O)Nc1ccc(S(N)(=O)=O)cc1Sc1ccc(Cl)cc1Cl. The van der Waals surface area contributed by atoms with Crippen LogP contribution >= 0.6 is 35.0 Å². The quantitative estimate of drug-likeness (QED) is 0.576. The molecule has 28 heavy (non-hydrogen) atoms. The van der Waals surface area contributed by atoms with Crippen LogP contribution in [0.1, 0.15) is 0 Å². The van der Waals surface area contributed by atoms with Crippen LogP contribution in [0.2, 0.25) is 10.0 Å². The Labute approximate surface area is 176 Å². The molecule has 0 amide bonds. The maximum Gasteiger partial charge on any atom is 0.322 e. The highest BCUT2D eigenvalue weighted by molar-refractivity contribution is 7.99. The van der Waals surface area contributed by atoms with Crippen LogP contribution in [-0.2, 0) is 29.6 Å². The highest BCUT2D eigenvalue weighted by Gasteiger charge is 2.21. The van der Waals surface area contributed by atoms with Crippen LogP contribution in [0.3, 0.4) is 0 Å². The number of anilines is 1. The summed E-state index contributed by atoms with van der Waals surface area (Å²) in [5.74, 6) is -1.87. The van der Waals surface area contributed by atoms with Crippen LogP contribution in [-0.4, -0.2) is 35.7 Å². The summed E-state index contributed by atoms with van der Waals surface area (Å²) in [6.07, 6.45) is 0. The molecular weight excluding hydrogens is 471 g/mol. The van der Waals surface area contributed by atoms with Crippen molar-refractivity contribution in [1.29, 1.82) is 0 Å². The minimum Gasteiger partial charge on any atom is -0.468 e. The Morgan fingerprint density at radius 1 is 1.11 bits per heavy atom. The number of methoxy groups -OCH3 is 1. The lowest BCUT2D eigenvalue weighted by molar-refractivity contribution is -0.137. The number of benzene rings is 2. The van der Waals surface area contributed by atoms with E-state index in [9.17, 15) is 21.6 Å². The van der Waals surface area contributed by atoms with Crippen LogP contribution in [0.25, 0.3) is 0 Å². The van der Waals surface area contributed by atoms with Crippen LogP contribution in [0.4, 0.5) is 5.69 Å². The predicted molar refractivity (Wildman–Crippen MR) is 108 cm³/mol. The summed E-state index contributed by atoms with van der Waals surface area (Å²) in [6.45, 7) is 0. The van der Waals surface area contributed by atoms with Crippen molar-refractivity contribution in [2.24, 2.45) is 5.14 Å². The first-order valence-electron chi connectivity index (χ1n) is 7.28. The van der Waals surface area contributed by atoms with E-state index in [2.05, 4.69) is 9.46 Å². The maximum atomic E-state index is 12.2. The standard InChI is InChI=1S/C15H14Cl2N2O6S3/c1-25-15(20)8-27(21,22)19-12-4-3-10(28(18,23)24)7-14(12)26-13-5-2-9(16)6-11(13)17/h2-7,19H,8H2,1H3,(H2,18,23,24). The van der Waals surface area contributed by atoms with Crippen molar-refractivity contribution in [2.75, 3.05) is 17.6 Å². The molecule has 8 nitrogen and oxygen atoms in total. The molecule has 2 aromatic carbocycles. The molecule has 0 aliphatic heterocycles. The van der Waals surface area contributed by atoms with Gasteiger partial charge in [-0.2, -0.15) is 0 Å². The number of nitrogens with two attached hydrogens (primary N) is 1. The predicted octanol–water partition coefficient (Wildman–Crippen LogP) is 2.71.